The van der Waals surface area contributed by atoms with Crippen LogP contribution in [0.4, 0.5) is 11.4 Å². The van der Waals surface area contributed by atoms with Gasteiger partial charge in [-0.1, -0.05) is 12.1 Å². The largest absolute Gasteiger partial charge is 0.370 e. The van der Waals surface area contributed by atoms with Crippen molar-refractivity contribution in [3.05, 3.63) is 53.6 Å². The van der Waals surface area contributed by atoms with Gasteiger partial charge in [0.15, 0.2) is 0 Å². The summed E-state index contributed by atoms with van der Waals surface area (Å²) in [7, 11) is -3.59. The van der Waals surface area contributed by atoms with Crippen molar-refractivity contribution in [2.24, 2.45) is 0 Å². The lowest BCUT2D eigenvalue weighted by Crippen LogP contribution is -2.35. The SMILES string of the molecule is CCN(CCNS(=O)(=O)c1ccc2c(c1)CCC(=O)N2)c1cccc(C)c1. The molecule has 0 saturated carbocycles. The van der Waals surface area contributed by atoms with E-state index in [-0.39, 0.29) is 10.8 Å². The molecular formula is C20H25N3O3S. The molecule has 0 bridgehead atoms. The Bertz CT molecular complexity index is 941. The van der Waals surface area contributed by atoms with Crippen LogP contribution < -0.4 is 14.9 Å². The van der Waals surface area contributed by atoms with E-state index in [1.54, 1.807) is 12.1 Å². The first-order valence-electron chi connectivity index (χ1n) is 9.13. The maximum Gasteiger partial charge on any atom is 0.240 e. The molecular weight excluding hydrogens is 362 g/mol. The molecule has 0 unspecified atom stereocenters. The Labute approximate surface area is 160 Å². The van der Waals surface area contributed by atoms with Gasteiger partial charge in [0.05, 0.1) is 4.90 Å². The second-order valence-corrected chi connectivity index (χ2v) is 8.45. The molecule has 27 heavy (non-hydrogen) atoms. The standard InChI is InChI=1S/C20H25N3O3S/c1-3-23(17-6-4-5-15(2)13-17)12-11-21-27(25,26)18-8-9-19-16(14-18)7-10-20(24)22-19/h4-6,8-9,13-14,21H,3,7,10-12H2,1-2H3,(H,22,24). The van der Waals surface area contributed by atoms with Crippen molar-refractivity contribution in [2.75, 3.05) is 29.9 Å². The summed E-state index contributed by atoms with van der Waals surface area (Å²) in [6.45, 7) is 5.79. The van der Waals surface area contributed by atoms with Crippen molar-refractivity contribution in [3.8, 4) is 0 Å². The minimum absolute atomic E-state index is 0.0352. The lowest BCUT2D eigenvalue weighted by Gasteiger charge is -2.23. The normalized spacial score (nSPS) is 13.8. The van der Waals surface area contributed by atoms with E-state index in [1.165, 1.54) is 11.6 Å². The molecule has 0 saturated heterocycles. The maximum absolute atomic E-state index is 12.6. The molecule has 0 fully saturated rings. The number of benzene rings is 2. The Morgan fingerprint density at radius 1 is 1.15 bits per heavy atom. The second-order valence-electron chi connectivity index (χ2n) is 6.68. The van der Waals surface area contributed by atoms with E-state index in [9.17, 15) is 13.2 Å². The smallest absolute Gasteiger partial charge is 0.240 e. The summed E-state index contributed by atoms with van der Waals surface area (Å²) in [4.78, 5) is 13.8. The number of amides is 1. The molecule has 1 heterocycles. The van der Waals surface area contributed by atoms with E-state index in [2.05, 4.69) is 27.9 Å². The Hall–Kier alpha value is -2.38. The number of fused-ring (bicyclic) bond motifs is 1. The first-order chi connectivity index (χ1) is 12.9. The van der Waals surface area contributed by atoms with Gasteiger partial charge >= 0.3 is 0 Å². The number of rotatable bonds is 7. The van der Waals surface area contributed by atoms with Gasteiger partial charge in [-0.25, -0.2) is 13.1 Å². The van der Waals surface area contributed by atoms with Crippen LogP contribution >= 0.6 is 0 Å². The lowest BCUT2D eigenvalue weighted by molar-refractivity contribution is -0.116. The van der Waals surface area contributed by atoms with Gasteiger partial charge in [0.2, 0.25) is 15.9 Å². The molecule has 0 spiro atoms. The fourth-order valence-corrected chi connectivity index (χ4v) is 4.29. The molecule has 2 aromatic rings. The van der Waals surface area contributed by atoms with E-state index < -0.39 is 10.0 Å². The molecule has 1 aliphatic heterocycles. The van der Waals surface area contributed by atoms with Gasteiger partial charge in [-0.2, -0.15) is 0 Å². The molecule has 2 N–H and O–H groups in total. The molecule has 0 atom stereocenters. The number of hydrogen-bond acceptors (Lipinski definition) is 4. The van der Waals surface area contributed by atoms with Crippen LogP contribution in [0.1, 0.15) is 24.5 Å². The molecule has 0 radical (unpaired) electrons. The van der Waals surface area contributed by atoms with Crippen LogP contribution in [0.15, 0.2) is 47.4 Å². The second kappa shape index (κ2) is 8.10. The van der Waals surface area contributed by atoms with Gasteiger partial charge in [0, 0.05) is 37.4 Å². The molecule has 6 nitrogen and oxygen atoms in total. The number of nitrogens with one attached hydrogen (secondary N) is 2. The van der Waals surface area contributed by atoms with E-state index >= 15 is 0 Å². The number of hydrogen-bond donors (Lipinski definition) is 2. The Morgan fingerprint density at radius 3 is 2.70 bits per heavy atom. The zero-order valence-electron chi connectivity index (χ0n) is 15.7. The number of aryl methyl sites for hydroxylation is 2. The van der Waals surface area contributed by atoms with Gasteiger partial charge in [-0.05, 0) is 61.7 Å². The van der Waals surface area contributed by atoms with Crippen LogP contribution in [-0.4, -0.2) is 34.0 Å². The number of nitrogens with zero attached hydrogens (tertiary/aromatic N) is 1. The highest BCUT2D eigenvalue weighted by molar-refractivity contribution is 7.89. The summed E-state index contributed by atoms with van der Waals surface area (Å²) in [5, 5.41) is 2.77. The Kier molecular flexibility index (Phi) is 5.82. The van der Waals surface area contributed by atoms with Crippen LogP contribution in [0.25, 0.3) is 0 Å². The predicted molar refractivity (Wildman–Crippen MR) is 108 cm³/mol. The number of anilines is 2. The van der Waals surface area contributed by atoms with Crippen molar-refractivity contribution < 1.29 is 13.2 Å². The summed E-state index contributed by atoms with van der Waals surface area (Å²) < 4.78 is 27.9. The molecule has 144 valence electrons. The first-order valence-corrected chi connectivity index (χ1v) is 10.6. The first kappa shape index (κ1) is 19.4. The molecule has 2 aromatic carbocycles. The van der Waals surface area contributed by atoms with Gasteiger partial charge < -0.3 is 10.2 Å². The van der Waals surface area contributed by atoms with E-state index in [0.717, 1.165) is 17.8 Å². The van der Waals surface area contributed by atoms with E-state index in [0.29, 0.717) is 31.6 Å². The zero-order valence-corrected chi connectivity index (χ0v) is 16.5. The summed E-state index contributed by atoms with van der Waals surface area (Å²) in [6.07, 6.45) is 0.938. The van der Waals surface area contributed by atoms with Crippen molar-refractivity contribution in [1.29, 1.82) is 0 Å². The minimum Gasteiger partial charge on any atom is -0.370 e. The van der Waals surface area contributed by atoms with Crippen LogP contribution in [0.3, 0.4) is 0 Å². The van der Waals surface area contributed by atoms with Crippen molar-refractivity contribution >= 4 is 27.3 Å². The average molecular weight is 388 g/mol. The van der Waals surface area contributed by atoms with Gasteiger partial charge in [0.25, 0.3) is 0 Å². The predicted octanol–water partition coefficient (Wildman–Crippen LogP) is 2.68. The number of sulfonamides is 1. The third kappa shape index (κ3) is 4.67. The highest BCUT2D eigenvalue weighted by atomic mass is 32.2. The number of likely N-dealkylation sites (N-methyl/N-ethyl adjacent to an activating group) is 1. The van der Waals surface area contributed by atoms with E-state index in [1.807, 2.05) is 25.1 Å². The Balaban J connectivity index is 1.65. The number of carbonyl (C=O) groups is 1. The fraction of sp³-hybridized carbons (Fsp3) is 0.350. The molecule has 1 aliphatic rings. The third-order valence-corrected chi connectivity index (χ3v) is 6.16. The lowest BCUT2D eigenvalue weighted by atomic mass is 10.0. The maximum atomic E-state index is 12.6. The molecule has 1 amide bonds. The monoisotopic (exact) mass is 387 g/mol. The molecule has 0 aliphatic carbocycles. The molecule has 0 aromatic heterocycles. The summed E-state index contributed by atoms with van der Waals surface area (Å²) >= 11 is 0. The highest BCUT2D eigenvalue weighted by Gasteiger charge is 2.20. The quantitative estimate of drug-likeness (QED) is 0.766. The van der Waals surface area contributed by atoms with Crippen LogP contribution in [0.5, 0.6) is 0 Å². The molecule has 3 rings (SSSR count). The van der Waals surface area contributed by atoms with Gasteiger partial charge in [-0.15, -0.1) is 0 Å². The van der Waals surface area contributed by atoms with Crippen LogP contribution in [0.2, 0.25) is 0 Å². The summed E-state index contributed by atoms with van der Waals surface area (Å²) in [6, 6.07) is 13.0. The van der Waals surface area contributed by atoms with E-state index in [4.69, 9.17) is 0 Å². The number of carbonyl (C=O) groups excluding carboxylic acids is 1. The summed E-state index contributed by atoms with van der Waals surface area (Å²) in [5.74, 6) is -0.0352. The van der Waals surface area contributed by atoms with Gasteiger partial charge in [0.1, 0.15) is 0 Å². The zero-order chi connectivity index (χ0) is 19.4. The highest BCUT2D eigenvalue weighted by Crippen LogP contribution is 2.25. The summed E-state index contributed by atoms with van der Waals surface area (Å²) in [5.41, 5.74) is 3.81. The van der Waals surface area contributed by atoms with Crippen LogP contribution in [-0.2, 0) is 21.2 Å². The van der Waals surface area contributed by atoms with Crippen molar-refractivity contribution in [1.82, 2.24) is 4.72 Å². The fourth-order valence-electron chi connectivity index (χ4n) is 3.22. The topological polar surface area (TPSA) is 78.5 Å². The van der Waals surface area contributed by atoms with Gasteiger partial charge in [-0.3, -0.25) is 4.79 Å². The Morgan fingerprint density at radius 2 is 1.96 bits per heavy atom. The third-order valence-electron chi connectivity index (χ3n) is 4.70. The minimum atomic E-state index is -3.59. The van der Waals surface area contributed by atoms with Crippen molar-refractivity contribution in [3.63, 3.8) is 0 Å². The average Bonchev–Trinajstić information content (AvgIpc) is 2.64. The molecule has 7 heteroatoms. The van der Waals surface area contributed by atoms with Crippen LogP contribution in [0, 0.1) is 6.92 Å². The van der Waals surface area contributed by atoms with Crippen molar-refractivity contribution in [2.45, 2.75) is 31.6 Å².